The van der Waals surface area contributed by atoms with Crippen molar-refractivity contribution in [3.63, 3.8) is 0 Å². The van der Waals surface area contributed by atoms with E-state index in [0.29, 0.717) is 17.4 Å². The molecule has 0 saturated heterocycles. The molecule has 132 valence electrons. The van der Waals surface area contributed by atoms with Crippen LogP contribution >= 0.6 is 27.5 Å². The Morgan fingerprint density at radius 1 is 1.32 bits per heavy atom. The quantitative estimate of drug-likeness (QED) is 0.686. The summed E-state index contributed by atoms with van der Waals surface area (Å²) in [6.45, 7) is 2.23. The molecule has 0 bridgehead atoms. The zero-order valence-corrected chi connectivity index (χ0v) is 16.3. The first kappa shape index (κ1) is 18.4. The van der Waals surface area contributed by atoms with Gasteiger partial charge in [0.2, 0.25) is 5.91 Å². The molecule has 3 rings (SSSR count). The van der Waals surface area contributed by atoms with Crippen molar-refractivity contribution >= 4 is 39.3 Å². The molecule has 0 unspecified atom stereocenters. The van der Waals surface area contributed by atoms with Crippen LogP contribution in [-0.4, -0.2) is 35.4 Å². The van der Waals surface area contributed by atoms with Crippen molar-refractivity contribution in [3.05, 3.63) is 57.7 Å². The minimum absolute atomic E-state index is 0.0373. The zero-order valence-electron chi connectivity index (χ0n) is 13.9. The summed E-state index contributed by atoms with van der Waals surface area (Å²) >= 11 is 9.33. The molecule has 25 heavy (non-hydrogen) atoms. The number of amides is 1. The van der Waals surface area contributed by atoms with Crippen molar-refractivity contribution in [2.24, 2.45) is 5.92 Å². The Hall–Kier alpha value is -1.43. The second kappa shape index (κ2) is 8.79. The first-order chi connectivity index (χ1) is 12.1. The molecule has 1 aliphatic carbocycles. The maximum atomic E-state index is 12.3. The molecule has 0 aliphatic heterocycles. The smallest absolute Gasteiger partial charge is 0.239 e. The number of hydrogen-bond donors (Lipinski definition) is 1. The normalized spacial score (nSPS) is 13.9. The topological polar surface area (TPSA) is 45.2 Å². The predicted octanol–water partition coefficient (Wildman–Crippen LogP) is 4.39. The Bertz CT molecular complexity index is 719. The van der Waals surface area contributed by atoms with Crippen LogP contribution in [0.4, 0.5) is 5.82 Å². The Kier molecular flexibility index (Phi) is 6.45. The monoisotopic (exact) mass is 421 g/mol. The number of carbonyl (C=O) groups excluding carboxylic acids is 1. The van der Waals surface area contributed by atoms with E-state index in [-0.39, 0.29) is 5.91 Å². The number of rotatable bonds is 8. The molecule has 4 nitrogen and oxygen atoms in total. The van der Waals surface area contributed by atoms with Gasteiger partial charge in [0.05, 0.1) is 11.6 Å². The number of halogens is 2. The van der Waals surface area contributed by atoms with Gasteiger partial charge >= 0.3 is 0 Å². The lowest BCUT2D eigenvalue weighted by Crippen LogP contribution is -2.36. The maximum absolute atomic E-state index is 12.3. The molecule has 1 aromatic heterocycles. The van der Waals surface area contributed by atoms with Crippen LogP contribution in [0.5, 0.6) is 0 Å². The average Bonchev–Trinajstić information content (AvgIpc) is 3.39. The highest BCUT2D eigenvalue weighted by Gasteiger charge is 2.25. The highest BCUT2D eigenvalue weighted by molar-refractivity contribution is 9.10. The van der Waals surface area contributed by atoms with Crippen LogP contribution < -0.4 is 5.32 Å². The molecule has 1 heterocycles. The van der Waals surface area contributed by atoms with Gasteiger partial charge in [-0.3, -0.25) is 9.69 Å². The summed E-state index contributed by atoms with van der Waals surface area (Å²) in [5.74, 6) is 1.24. The highest BCUT2D eigenvalue weighted by Crippen LogP contribution is 2.29. The number of pyridine rings is 1. The average molecular weight is 423 g/mol. The van der Waals surface area contributed by atoms with Crippen molar-refractivity contribution in [2.45, 2.75) is 19.3 Å². The third-order valence-corrected chi connectivity index (χ3v) is 4.90. The molecule has 6 heteroatoms. The Balaban J connectivity index is 1.54. The Morgan fingerprint density at radius 3 is 2.84 bits per heavy atom. The van der Waals surface area contributed by atoms with Crippen LogP contribution in [0.3, 0.4) is 0 Å². The minimum Gasteiger partial charge on any atom is -0.310 e. The molecule has 1 fully saturated rings. The van der Waals surface area contributed by atoms with Crippen LogP contribution in [-0.2, 0) is 11.2 Å². The molecule has 1 N–H and O–H groups in total. The van der Waals surface area contributed by atoms with Crippen LogP contribution in [0.2, 0.25) is 5.02 Å². The fourth-order valence-electron chi connectivity index (χ4n) is 2.72. The summed E-state index contributed by atoms with van der Waals surface area (Å²) in [6.07, 6.45) is 5.01. The largest absolute Gasteiger partial charge is 0.310 e. The van der Waals surface area contributed by atoms with Crippen molar-refractivity contribution in [1.82, 2.24) is 9.88 Å². The Labute approximate surface area is 161 Å². The first-order valence-electron chi connectivity index (χ1n) is 8.47. The van der Waals surface area contributed by atoms with Crippen LogP contribution in [0.1, 0.15) is 18.4 Å². The second-order valence-electron chi connectivity index (χ2n) is 6.47. The number of hydrogen-bond acceptors (Lipinski definition) is 3. The van der Waals surface area contributed by atoms with Gasteiger partial charge in [-0.05, 0) is 55.0 Å². The Morgan fingerprint density at radius 2 is 2.16 bits per heavy atom. The van der Waals surface area contributed by atoms with Crippen molar-refractivity contribution < 1.29 is 4.79 Å². The van der Waals surface area contributed by atoms with Crippen molar-refractivity contribution in [3.8, 4) is 0 Å². The predicted molar refractivity (Wildman–Crippen MR) is 105 cm³/mol. The summed E-state index contributed by atoms with van der Waals surface area (Å²) in [5.41, 5.74) is 1.27. The van der Waals surface area contributed by atoms with E-state index in [2.05, 4.69) is 43.3 Å². The third kappa shape index (κ3) is 6.42. The molecule has 0 spiro atoms. The molecular formula is C19H21BrClN3O. The van der Waals surface area contributed by atoms with Gasteiger partial charge in [-0.15, -0.1) is 0 Å². The molecule has 1 amide bonds. The summed E-state index contributed by atoms with van der Waals surface area (Å²) in [7, 11) is 0. The zero-order chi connectivity index (χ0) is 17.6. The van der Waals surface area contributed by atoms with Crippen LogP contribution in [0.25, 0.3) is 0 Å². The molecule has 1 aliphatic rings. The number of aromatic nitrogens is 1. The van der Waals surface area contributed by atoms with Gasteiger partial charge in [0.15, 0.2) is 0 Å². The number of carbonyl (C=O) groups is 1. The lowest BCUT2D eigenvalue weighted by atomic mass is 10.1. The van der Waals surface area contributed by atoms with Crippen molar-refractivity contribution in [2.75, 3.05) is 25.0 Å². The number of anilines is 1. The minimum atomic E-state index is -0.0373. The highest BCUT2D eigenvalue weighted by atomic mass is 79.9. The lowest BCUT2D eigenvalue weighted by molar-refractivity contribution is -0.117. The number of nitrogens with one attached hydrogen (secondary N) is 1. The number of nitrogens with zero attached hydrogens (tertiary/aromatic N) is 2. The number of benzene rings is 1. The van der Waals surface area contributed by atoms with E-state index in [1.54, 1.807) is 12.1 Å². The van der Waals surface area contributed by atoms with E-state index < -0.39 is 0 Å². The van der Waals surface area contributed by atoms with Crippen LogP contribution in [0.15, 0.2) is 47.1 Å². The summed E-state index contributed by atoms with van der Waals surface area (Å²) in [5, 5.41) is 3.40. The van der Waals surface area contributed by atoms with Gasteiger partial charge in [-0.1, -0.05) is 39.7 Å². The summed E-state index contributed by atoms with van der Waals surface area (Å²) < 4.78 is 1.09. The van der Waals surface area contributed by atoms with Gasteiger partial charge in [0, 0.05) is 23.8 Å². The second-order valence-corrected chi connectivity index (χ2v) is 7.82. The van der Waals surface area contributed by atoms with E-state index in [9.17, 15) is 4.79 Å². The van der Waals surface area contributed by atoms with E-state index >= 15 is 0 Å². The standard InChI is InChI=1S/C19H21BrClN3O/c20-16-3-1-2-14(10-16)8-9-24(12-15-4-5-15)13-19(25)23-18-7-6-17(21)11-22-18/h1-3,6-7,10-11,15H,4-5,8-9,12-13H2,(H,22,23,25). The molecule has 0 atom stereocenters. The van der Waals surface area contributed by atoms with Gasteiger partial charge in [0.1, 0.15) is 5.82 Å². The SMILES string of the molecule is O=C(CN(CCc1cccc(Br)c1)CC1CC1)Nc1ccc(Cl)cn1. The fraction of sp³-hybridized carbons (Fsp3) is 0.368. The van der Waals surface area contributed by atoms with E-state index in [0.717, 1.165) is 29.9 Å². The molecule has 1 saturated carbocycles. The lowest BCUT2D eigenvalue weighted by Gasteiger charge is -2.21. The van der Waals surface area contributed by atoms with E-state index in [4.69, 9.17) is 11.6 Å². The molecular weight excluding hydrogens is 402 g/mol. The van der Waals surface area contributed by atoms with Gasteiger partial charge < -0.3 is 5.32 Å². The van der Waals surface area contributed by atoms with E-state index in [1.807, 2.05) is 12.1 Å². The summed E-state index contributed by atoms with van der Waals surface area (Å²) in [6, 6.07) is 11.8. The maximum Gasteiger partial charge on any atom is 0.239 e. The van der Waals surface area contributed by atoms with Gasteiger partial charge in [-0.2, -0.15) is 0 Å². The molecule has 0 radical (unpaired) electrons. The van der Waals surface area contributed by atoms with E-state index in [1.165, 1.54) is 24.6 Å². The molecule has 2 aromatic rings. The summed E-state index contributed by atoms with van der Waals surface area (Å²) in [4.78, 5) is 18.7. The third-order valence-electron chi connectivity index (χ3n) is 4.18. The van der Waals surface area contributed by atoms with Gasteiger partial charge in [0.25, 0.3) is 0 Å². The molecule has 1 aromatic carbocycles. The van der Waals surface area contributed by atoms with Crippen molar-refractivity contribution in [1.29, 1.82) is 0 Å². The first-order valence-corrected chi connectivity index (χ1v) is 9.64. The van der Waals surface area contributed by atoms with Crippen LogP contribution in [0, 0.1) is 5.92 Å². The fourth-order valence-corrected chi connectivity index (χ4v) is 3.27. The van der Waals surface area contributed by atoms with Gasteiger partial charge in [-0.25, -0.2) is 4.98 Å².